The van der Waals surface area contributed by atoms with Gasteiger partial charge in [0.15, 0.2) is 0 Å². The normalized spacial score (nSPS) is 26.1. The van der Waals surface area contributed by atoms with Gasteiger partial charge in [-0.3, -0.25) is 9.69 Å². The summed E-state index contributed by atoms with van der Waals surface area (Å²) in [4.78, 5) is 14.2. The number of likely N-dealkylation sites (tertiary alicyclic amines) is 1. The molecule has 2 fully saturated rings. The van der Waals surface area contributed by atoms with Crippen LogP contribution in [0, 0.1) is 23.2 Å². The first-order valence-corrected chi connectivity index (χ1v) is 7.34. The predicted molar refractivity (Wildman–Crippen MR) is 74.0 cm³/mol. The van der Waals surface area contributed by atoms with Gasteiger partial charge in [0.2, 0.25) is 5.91 Å². The second-order valence-corrected chi connectivity index (χ2v) is 6.11. The molecule has 19 heavy (non-hydrogen) atoms. The predicted octanol–water partition coefficient (Wildman–Crippen LogP) is 0.709. The first-order valence-electron chi connectivity index (χ1n) is 6.47. The van der Waals surface area contributed by atoms with E-state index in [0.717, 1.165) is 26.2 Å². The fourth-order valence-corrected chi connectivity index (χ4v) is 3.70. The number of nitrogens with one attached hydrogen (secondary N) is 2. The molecule has 5 nitrogen and oxygen atoms in total. The van der Waals surface area contributed by atoms with Gasteiger partial charge in [-0.05, 0) is 36.4 Å². The molecule has 2 saturated heterocycles. The molecule has 100 valence electrons. The van der Waals surface area contributed by atoms with Crippen molar-refractivity contribution in [2.24, 2.45) is 11.8 Å². The zero-order chi connectivity index (χ0) is 13.2. The number of thiophene rings is 1. The zero-order valence-corrected chi connectivity index (χ0v) is 11.4. The van der Waals surface area contributed by atoms with Gasteiger partial charge < -0.3 is 10.6 Å². The van der Waals surface area contributed by atoms with Crippen molar-refractivity contribution in [3.05, 3.63) is 17.0 Å². The Morgan fingerprint density at radius 2 is 2.26 bits per heavy atom. The van der Waals surface area contributed by atoms with E-state index in [1.54, 1.807) is 6.07 Å². The number of rotatable bonds is 3. The van der Waals surface area contributed by atoms with Crippen LogP contribution in [0.2, 0.25) is 0 Å². The van der Waals surface area contributed by atoms with E-state index in [1.807, 2.05) is 5.38 Å². The van der Waals surface area contributed by atoms with E-state index in [4.69, 9.17) is 5.26 Å². The molecule has 0 saturated carbocycles. The summed E-state index contributed by atoms with van der Waals surface area (Å²) in [6, 6.07) is 3.81. The largest absolute Gasteiger partial charge is 0.316 e. The lowest BCUT2D eigenvalue weighted by atomic mass is 10.0. The third-order valence-electron chi connectivity index (χ3n) is 3.87. The minimum absolute atomic E-state index is 0.0214. The van der Waals surface area contributed by atoms with Gasteiger partial charge in [-0.1, -0.05) is 0 Å². The Hall–Kier alpha value is -1.42. The van der Waals surface area contributed by atoms with Crippen LogP contribution >= 0.6 is 11.3 Å². The molecule has 1 aromatic heterocycles. The van der Waals surface area contributed by atoms with Gasteiger partial charge >= 0.3 is 0 Å². The maximum absolute atomic E-state index is 12.0. The summed E-state index contributed by atoms with van der Waals surface area (Å²) < 4.78 is 0. The second-order valence-electron chi connectivity index (χ2n) is 5.20. The highest BCUT2D eigenvalue weighted by Crippen LogP contribution is 2.26. The molecule has 0 bridgehead atoms. The average molecular weight is 276 g/mol. The lowest BCUT2D eigenvalue weighted by Crippen LogP contribution is -2.33. The van der Waals surface area contributed by atoms with Gasteiger partial charge in [-0.25, -0.2) is 0 Å². The van der Waals surface area contributed by atoms with Crippen LogP contribution in [0.15, 0.2) is 11.4 Å². The van der Waals surface area contributed by atoms with E-state index < -0.39 is 0 Å². The Morgan fingerprint density at radius 3 is 2.95 bits per heavy atom. The number of carbonyl (C=O) groups excluding carboxylic acids is 1. The van der Waals surface area contributed by atoms with Gasteiger partial charge in [-0.2, -0.15) is 5.26 Å². The second kappa shape index (κ2) is 5.29. The number of nitriles is 1. The van der Waals surface area contributed by atoms with Gasteiger partial charge in [0.05, 0.1) is 12.1 Å². The molecule has 6 heteroatoms. The molecule has 0 radical (unpaired) electrons. The van der Waals surface area contributed by atoms with Gasteiger partial charge in [0.25, 0.3) is 0 Å². The van der Waals surface area contributed by atoms with E-state index in [0.29, 0.717) is 28.9 Å². The molecule has 2 atom stereocenters. The van der Waals surface area contributed by atoms with E-state index in [-0.39, 0.29) is 5.91 Å². The highest BCUT2D eigenvalue weighted by atomic mass is 32.1. The maximum Gasteiger partial charge on any atom is 0.239 e. The lowest BCUT2D eigenvalue weighted by Gasteiger charge is -2.16. The molecule has 2 unspecified atom stereocenters. The smallest absolute Gasteiger partial charge is 0.239 e. The van der Waals surface area contributed by atoms with Crippen LogP contribution in [-0.4, -0.2) is 43.5 Å². The maximum atomic E-state index is 12.0. The third kappa shape index (κ3) is 2.63. The molecule has 1 aromatic rings. The van der Waals surface area contributed by atoms with Crippen LogP contribution < -0.4 is 10.6 Å². The highest BCUT2D eigenvalue weighted by molar-refractivity contribution is 7.14. The SMILES string of the molecule is N#Cc1ccsc1NC(=O)CN1CC2CNCC2C1. The van der Waals surface area contributed by atoms with Crippen molar-refractivity contribution in [2.75, 3.05) is 38.0 Å². The van der Waals surface area contributed by atoms with Crippen molar-refractivity contribution in [1.29, 1.82) is 5.26 Å². The Morgan fingerprint density at radius 1 is 1.53 bits per heavy atom. The van der Waals surface area contributed by atoms with Crippen molar-refractivity contribution in [3.63, 3.8) is 0 Å². The lowest BCUT2D eigenvalue weighted by molar-refractivity contribution is -0.117. The van der Waals surface area contributed by atoms with Gasteiger partial charge in [0, 0.05) is 13.1 Å². The van der Waals surface area contributed by atoms with E-state index in [1.165, 1.54) is 11.3 Å². The summed E-state index contributed by atoms with van der Waals surface area (Å²) in [5.74, 6) is 1.38. The van der Waals surface area contributed by atoms with Crippen LogP contribution in [0.4, 0.5) is 5.00 Å². The van der Waals surface area contributed by atoms with Crippen molar-refractivity contribution >= 4 is 22.2 Å². The molecular weight excluding hydrogens is 260 g/mol. The number of hydrogen-bond acceptors (Lipinski definition) is 5. The topological polar surface area (TPSA) is 68.2 Å². The molecule has 2 N–H and O–H groups in total. The average Bonchev–Trinajstić information content (AvgIpc) is 3.03. The molecule has 2 aliphatic heterocycles. The number of hydrogen-bond donors (Lipinski definition) is 2. The molecule has 0 spiro atoms. The Bertz CT molecular complexity index is 509. The number of nitrogens with zero attached hydrogens (tertiary/aromatic N) is 2. The van der Waals surface area contributed by atoms with Crippen molar-refractivity contribution in [1.82, 2.24) is 10.2 Å². The van der Waals surface area contributed by atoms with Crippen molar-refractivity contribution in [3.8, 4) is 6.07 Å². The van der Waals surface area contributed by atoms with Crippen molar-refractivity contribution in [2.45, 2.75) is 0 Å². The third-order valence-corrected chi connectivity index (χ3v) is 4.70. The Labute approximate surface area is 116 Å². The summed E-state index contributed by atoms with van der Waals surface area (Å²) in [6.45, 7) is 4.58. The molecule has 1 amide bonds. The van der Waals surface area contributed by atoms with Crippen LogP contribution in [0.3, 0.4) is 0 Å². The minimum atomic E-state index is -0.0214. The molecule has 0 aliphatic carbocycles. The fraction of sp³-hybridized carbons (Fsp3) is 0.538. The Balaban J connectivity index is 1.54. The summed E-state index contributed by atoms with van der Waals surface area (Å²) >= 11 is 1.39. The van der Waals surface area contributed by atoms with Gasteiger partial charge in [-0.15, -0.1) is 11.3 Å². The van der Waals surface area contributed by atoms with Crippen LogP contribution in [0.25, 0.3) is 0 Å². The van der Waals surface area contributed by atoms with Crippen LogP contribution in [0.5, 0.6) is 0 Å². The summed E-state index contributed by atoms with van der Waals surface area (Å²) in [6.07, 6.45) is 0. The first-order chi connectivity index (χ1) is 9.26. The molecule has 3 rings (SSSR count). The number of carbonyl (C=O) groups is 1. The van der Waals surface area contributed by atoms with E-state index in [9.17, 15) is 4.79 Å². The number of fused-ring (bicyclic) bond motifs is 1. The highest BCUT2D eigenvalue weighted by Gasteiger charge is 2.36. The Kier molecular flexibility index (Phi) is 3.51. The molecular formula is C13H16N4OS. The van der Waals surface area contributed by atoms with Gasteiger partial charge in [0.1, 0.15) is 11.1 Å². The van der Waals surface area contributed by atoms with Crippen LogP contribution in [0.1, 0.15) is 5.56 Å². The van der Waals surface area contributed by atoms with E-state index >= 15 is 0 Å². The quantitative estimate of drug-likeness (QED) is 0.853. The number of amides is 1. The summed E-state index contributed by atoms with van der Waals surface area (Å²) in [5, 5.41) is 17.6. The first kappa shape index (κ1) is 12.6. The molecule has 0 aromatic carbocycles. The van der Waals surface area contributed by atoms with E-state index in [2.05, 4.69) is 21.6 Å². The van der Waals surface area contributed by atoms with Crippen LogP contribution in [-0.2, 0) is 4.79 Å². The molecule has 2 aliphatic rings. The van der Waals surface area contributed by atoms with Crippen molar-refractivity contribution < 1.29 is 4.79 Å². The minimum Gasteiger partial charge on any atom is -0.316 e. The zero-order valence-electron chi connectivity index (χ0n) is 10.6. The number of anilines is 1. The fourth-order valence-electron chi connectivity index (χ4n) is 2.94. The summed E-state index contributed by atoms with van der Waals surface area (Å²) in [7, 11) is 0. The summed E-state index contributed by atoms with van der Waals surface area (Å²) in [5.41, 5.74) is 0.542. The standard InChI is InChI=1S/C13H16N4OS/c14-3-9-1-2-19-13(9)16-12(18)8-17-6-10-4-15-5-11(10)7-17/h1-2,10-11,15H,4-8H2,(H,16,18). The molecule has 3 heterocycles. The monoisotopic (exact) mass is 276 g/mol.